The fourth-order valence-corrected chi connectivity index (χ4v) is 2.11. The second kappa shape index (κ2) is 7.06. The monoisotopic (exact) mass is 273 g/mol. The van der Waals surface area contributed by atoms with Crippen LogP contribution in [0.15, 0.2) is 42.5 Å². The highest BCUT2D eigenvalue weighted by molar-refractivity contribution is 5.68. The number of hydrogen-bond donors (Lipinski definition) is 1. The maximum atomic E-state index is 13.5. The van der Waals surface area contributed by atoms with Crippen molar-refractivity contribution in [3.8, 4) is 16.9 Å². The Bertz CT molecular complexity index is 551. The molecule has 0 radical (unpaired) electrons. The van der Waals surface area contributed by atoms with Gasteiger partial charge in [0.25, 0.3) is 0 Å². The Balaban J connectivity index is 2.28. The molecule has 2 nitrogen and oxygen atoms in total. The summed E-state index contributed by atoms with van der Waals surface area (Å²) in [4.78, 5) is 0. The molecule has 20 heavy (non-hydrogen) atoms. The lowest BCUT2D eigenvalue weighted by atomic mass is 9.99. The normalized spacial score (nSPS) is 10.6. The maximum Gasteiger partial charge on any atom is 0.123 e. The summed E-state index contributed by atoms with van der Waals surface area (Å²) in [5.41, 5.74) is 3.00. The van der Waals surface area contributed by atoms with Crippen LogP contribution < -0.4 is 10.1 Å². The predicted octanol–water partition coefficient (Wildman–Crippen LogP) is 4.00. The molecule has 0 atom stereocenters. The molecule has 0 aliphatic rings. The van der Waals surface area contributed by atoms with Crippen LogP contribution in [-0.2, 0) is 6.54 Å². The third-order valence-corrected chi connectivity index (χ3v) is 3.08. The van der Waals surface area contributed by atoms with Crippen LogP contribution in [0.2, 0.25) is 0 Å². The zero-order valence-corrected chi connectivity index (χ0v) is 11.9. The maximum absolute atomic E-state index is 13.5. The van der Waals surface area contributed by atoms with Crippen molar-refractivity contribution in [3.63, 3.8) is 0 Å². The molecule has 0 aliphatic heterocycles. The van der Waals surface area contributed by atoms with Crippen LogP contribution in [0.25, 0.3) is 11.1 Å². The molecule has 0 heterocycles. The minimum atomic E-state index is -0.217. The van der Waals surface area contributed by atoms with Gasteiger partial charge < -0.3 is 10.1 Å². The van der Waals surface area contributed by atoms with E-state index in [4.69, 9.17) is 4.74 Å². The fourth-order valence-electron chi connectivity index (χ4n) is 2.11. The summed E-state index contributed by atoms with van der Waals surface area (Å²) in [6.45, 7) is 3.50. The van der Waals surface area contributed by atoms with Crippen molar-refractivity contribution in [1.82, 2.24) is 5.32 Å². The van der Waals surface area contributed by atoms with Crippen LogP contribution in [0, 0.1) is 5.82 Å². The Morgan fingerprint density at radius 3 is 2.50 bits per heavy atom. The highest BCUT2D eigenvalue weighted by atomic mass is 19.1. The van der Waals surface area contributed by atoms with E-state index in [0.717, 1.165) is 28.9 Å². The number of halogens is 1. The van der Waals surface area contributed by atoms with Crippen LogP contribution in [0.5, 0.6) is 5.75 Å². The quantitative estimate of drug-likeness (QED) is 0.859. The molecule has 2 aromatic rings. The Hall–Kier alpha value is -1.87. The number of ether oxygens (including phenoxy) is 1. The van der Waals surface area contributed by atoms with Gasteiger partial charge in [0.1, 0.15) is 11.6 Å². The summed E-state index contributed by atoms with van der Waals surface area (Å²) in [5, 5.41) is 3.11. The van der Waals surface area contributed by atoms with Crippen LogP contribution in [0.1, 0.15) is 18.9 Å². The topological polar surface area (TPSA) is 21.3 Å². The van der Waals surface area contributed by atoms with E-state index in [-0.39, 0.29) is 5.82 Å². The van der Waals surface area contributed by atoms with Crippen LogP contribution in [-0.4, -0.2) is 13.7 Å². The molecule has 0 saturated carbocycles. The van der Waals surface area contributed by atoms with E-state index < -0.39 is 0 Å². The van der Waals surface area contributed by atoms with Crippen LogP contribution in [0.3, 0.4) is 0 Å². The van der Waals surface area contributed by atoms with E-state index in [9.17, 15) is 4.39 Å². The minimum absolute atomic E-state index is 0.217. The lowest BCUT2D eigenvalue weighted by molar-refractivity contribution is 0.317. The van der Waals surface area contributed by atoms with Crippen molar-refractivity contribution in [2.24, 2.45) is 0 Å². The van der Waals surface area contributed by atoms with E-state index in [1.54, 1.807) is 6.07 Å². The second-order valence-corrected chi connectivity index (χ2v) is 4.70. The smallest absolute Gasteiger partial charge is 0.123 e. The molecule has 0 bridgehead atoms. The zero-order valence-electron chi connectivity index (χ0n) is 11.9. The number of benzene rings is 2. The molecule has 0 unspecified atom stereocenters. The Labute approximate surface area is 119 Å². The molecule has 2 rings (SSSR count). The van der Waals surface area contributed by atoms with Crippen molar-refractivity contribution in [2.45, 2.75) is 19.9 Å². The van der Waals surface area contributed by atoms with Crippen molar-refractivity contribution < 1.29 is 9.13 Å². The van der Waals surface area contributed by atoms with Crippen LogP contribution >= 0.6 is 0 Å². The fraction of sp³-hybridized carbons (Fsp3) is 0.294. The Morgan fingerprint density at radius 2 is 1.85 bits per heavy atom. The summed E-state index contributed by atoms with van der Waals surface area (Å²) < 4.78 is 19.0. The third-order valence-electron chi connectivity index (χ3n) is 3.08. The highest BCUT2D eigenvalue weighted by Crippen LogP contribution is 2.26. The Kier molecular flexibility index (Phi) is 5.13. The summed E-state index contributed by atoms with van der Waals surface area (Å²) in [5.74, 6) is 0.633. The second-order valence-electron chi connectivity index (χ2n) is 4.70. The first-order valence-corrected chi connectivity index (χ1v) is 6.91. The molecular formula is C17H20FNO. The summed E-state index contributed by atoms with van der Waals surface area (Å²) >= 11 is 0. The third kappa shape index (κ3) is 3.58. The van der Waals surface area contributed by atoms with Gasteiger partial charge >= 0.3 is 0 Å². The van der Waals surface area contributed by atoms with Crippen LogP contribution in [0.4, 0.5) is 4.39 Å². The van der Waals surface area contributed by atoms with Gasteiger partial charge in [0.05, 0.1) is 6.61 Å². The first-order valence-electron chi connectivity index (χ1n) is 6.91. The number of hydrogen-bond acceptors (Lipinski definition) is 2. The van der Waals surface area contributed by atoms with E-state index in [2.05, 4.69) is 12.2 Å². The van der Waals surface area contributed by atoms with E-state index >= 15 is 0 Å². The highest BCUT2D eigenvalue weighted by Gasteiger charge is 2.06. The average Bonchev–Trinajstić information content (AvgIpc) is 2.48. The van der Waals surface area contributed by atoms with Gasteiger partial charge in [-0.05, 0) is 54.4 Å². The SMILES string of the molecule is CCCOc1ccc(-c2cc(F)ccc2CNC)cc1. The number of nitrogens with one attached hydrogen (secondary N) is 1. The summed E-state index contributed by atoms with van der Waals surface area (Å²) in [7, 11) is 1.88. The van der Waals surface area contributed by atoms with E-state index in [0.29, 0.717) is 13.2 Å². The first-order chi connectivity index (χ1) is 9.74. The van der Waals surface area contributed by atoms with Crippen molar-refractivity contribution in [1.29, 1.82) is 0 Å². The molecule has 0 spiro atoms. The summed E-state index contributed by atoms with van der Waals surface area (Å²) in [6, 6.07) is 12.7. The van der Waals surface area contributed by atoms with Crippen molar-refractivity contribution in [2.75, 3.05) is 13.7 Å². The van der Waals surface area contributed by atoms with E-state index in [1.165, 1.54) is 6.07 Å². The molecule has 0 aromatic heterocycles. The molecule has 0 amide bonds. The largest absolute Gasteiger partial charge is 0.494 e. The van der Waals surface area contributed by atoms with Gasteiger partial charge in [-0.1, -0.05) is 25.1 Å². The lowest BCUT2D eigenvalue weighted by Gasteiger charge is -2.11. The zero-order chi connectivity index (χ0) is 14.4. The molecular weight excluding hydrogens is 253 g/mol. The van der Waals surface area contributed by atoms with E-state index in [1.807, 2.05) is 37.4 Å². The predicted molar refractivity (Wildman–Crippen MR) is 80.4 cm³/mol. The molecule has 2 aromatic carbocycles. The number of rotatable bonds is 6. The van der Waals surface area contributed by atoms with Crippen molar-refractivity contribution in [3.05, 3.63) is 53.8 Å². The van der Waals surface area contributed by atoms with Crippen molar-refractivity contribution >= 4 is 0 Å². The van der Waals surface area contributed by atoms with Gasteiger partial charge in [-0.2, -0.15) is 0 Å². The van der Waals surface area contributed by atoms with Gasteiger partial charge in [-0.25, -0.2) is 4.39 Å². The molecule has 0 aliphatic carbocycles. The summed E-state index contributed by atoms with van der Waals surface area (Å²) in [6.07, 6.45) is 0.984. The molecule has 3 heteroatoms. The Morgan fingerprint density at radius 1 is 1.10 bits per heavy atom. The van der Waals surface area contributed by atoms with Gasteiger partial charge in [0.2, 0.25) is 0 Å². The average molecular weight is 273 g/mol. The molecule has 0 saturated heterocycles. The molecule has 106 valence electrons. The van der Waals surface area contributed by atoms with Gasteiger partial charge in [0, 0.05) is 6.54 Å². The molecule has 0 fully saturated rings. The van der Waals surface area contributed by atoms with Gasteiger partial charge in [0.15, 0.2) is 0 Å². The van der Waals surface area contributed by atoms with Gasteiger partial charge in [-0.3, -0.25) is 0 Å². The minimum Gasteiger partial charge on any atom is -0.494 e. The standard InChI is InChI=1S/C17H20FNO/c1-3-10-20-16-8-5-13(6-9-16)17-11-15(18)7-4-14(17)12-19-2/h4-9,11,19H,3,10,12H2,1-2H3. The first kappa shape index (κ1) is 14.5. The molecule has 1 N–H and O–H groups in total. The van der Waals surface area contributed by atoms with Gasteiger partial charge in [-0.15, -0.1) is 0 Å². The lowest BCUT2D eigenvalue weighted by Crippen LogP contribution is -2.06.